The molecule has 0 unspecified atom stereocenters. The van der Waals surface area contributed by atoms with Crippen molar-refractivity contribution in [3.63, 3.8) is 0 Å². The van der Waals surface area contributed by atoms with Gasteiger partial charge in [0.15, 0.2) is 0 Å². The molecule has 3 aromatic carbocycles. The van der Waals surface area contributed by atoms with Crippen molar-refractivity contribution in [2.24, 2.45) is 0 Å². The van der Waals surface area contributed by atoms with Gasteiger partial charge in [-0.2, -0.15) is 5.26 Å². The van der Waals surface area contributed by atoms with Crippen LogP contribution in [-0.2, 0) is 4.79 Å². The van der Waals surface area contributed by atoms with E-state index in [4.69, 9.17) is 4.74 Å². The van der Waals surface area contributed by atoms with Crippen LogP contribution in [0.25, 0.3) is 6.08 Å². The van der Waals surface area contributed by atoms with Crippen LogP contribution < -0.4 is 10.1 Å². The number of rotatable bonds is 6. The maximum atomic E-state index is 12.5. The Morgan fingerprint density at radius 2 is 1.75 bits per heavy atom. The van der Waals surface area contributed by atoms with E-state index in [9.17, 15) is 25.0 Å². The van der Waals surface area contributed by atoms with E-state index in [2.05, 4.69) is 21.2 Å². The molecular formula is C23H14BrN3O5. The van der Waals surface area contributed by atoms with Crippen LogP contribution >= 0.6 is 15.9 Å². The van der Waals surface area contributed by atoms with Gasteiger partial charge in [-0.15, -0.1) is 0 Å². The summed E-state index contributed by atoms with van der Waals surface area (Å²) in [6, 6.07) is 20.5. The molecule has 0 aliphatic heterocycles. The molecule has 0 aromatic heterocycles. The van der Waals surface area contributed by atoms with E-state index in [0.29, 0.717) is 21.3 Å². The van der Waals surface area contributed by atoms with E-state index >= 15 is 0 Å². The van der Waals surface area contributed by atoms with Crippen molar-refractivity contribution in [1.29, 1.82) is 5.26 Å². The average molecular weight is 492 g/mol. The van der Waals surface area contributed by atoms with E-state index in [1.165, 1.54) is 24.3 Å². The zero-order chi connectivity index (χ0) is 23.1. The third-order valence-corrected chi connectivity index (χ3v) is 4.84. The molecule has 0 radical (unpaired) electrons. The number of amides is 1. The number of nitriles is 1. The number of ether oxygens (including phenoxy) is 1. The first-order chi connectivity index (χ1) is 15.4. The molecule has 158 valence electrons. The van der Waals surface area contributed by atoms with Gasteiger partial charge in [0.25, 0.3) is 11.6 Å². The summed E-state index contributed by atoms with van der Waals surface area (Å²) in [5.74, 6) is -0.866. The van der Waals surface area contributed by atoms with Crippen LogP contribution in [0.15, 0.2) is 82.8 Å². The van der Waals surface area contributed by atoms with Crippen molar-refractivity contribution in [1.82, 2.24) is 0 Å². The number of nitro benzene ring substituents is 1. The molecule has 3 aromatic rings. The molecule has 0 spiro atoms. The van der Waals surface area contributed by atoms with Gasteiger partial charge in [0.05, 0.1) is 16.2 Å². The first-order valence-electron chi connectivity index (χ1n) is 9.12. The molecule has 0 heterocycles. The minimum absolute atomic E-state index is 0.140. The number of esters is 1. The van der Waals surface area contributed by atoms with Crippen molar-refractivity contribution in [2.75, 3.05) is 5.32 Å². The first-order valence-corrected chi connectivity index (χ1v) is 9.91. The molecule has 0 saturated carbocycles. The SMILES string of the molecule is N#C/C(=C\c1ccc(OC(=O)c2ccccc2)cc1)C(=O)Nc1ccc([N+](=O)[O-])cc1Br. The predicted molar refractivity (Wildman–Crippen MR) is 121 cm³/mol. The Bertz CT molecular complexity index is 1250. The summed E-state index contributed by atoms with van der Waals surface area (Å²) in [6.45, 7) is 0. The number of nitrogens with one attached hydrogen (secondary N) is 1. The predicted octanol–water partition coefficient (Wildman–Crippen LogP) is 5.12. The summed E-state index contributed by atoms with van der Waals surface area (Å²) < 4.78 is 5.60. The number of carbonyl (C=O) groups excluding carboxylic acids is 2. The highest BCUT2D eigenvalue weighted by Gasteiger charge is 2.14. The van der Waals surface area contributed by atoms with Crippen molar-refractivity contribution in [3.8, 4) is 11.8 Å². The van der Waals surface area contributed by atoms with E-state index in [1.54, 1.807) is 54.6 Å². The molecule has 3 rings (SSSR count). The smallest absolute Gasteiger partial charge is 0.343 e. The molecule has 0 fully saturated rings. The molecule has 9 heteroatoms. The van der Waals surface area contributed by atoms with Gasteiger partial charge in [-0.25, -0.2) is 4.79 Å². The number of nitro groups is 1. The monoisotopic (exact) mass is 491 g/mol. The number of anilines is 1. The van der Waals surface area contributed by atoms with Crippen molar-refractivity contribution in [2.45, 2.75) is 0 Å². The van der Waals surface area contributed by atoms with Gasteiger partial charge >= 0.3 is 5.97 Å². The molecule has 1 amide bonds. The van der Waals surface area contributed by atoms with E-state index < -0.39 is 16.8 Å². The topological polar surface area (TPSA) is 122 Å². The van der Waals surface area contributed by atoms with Gasteiger partial charge in [-0.1, -0.05) is 30.3 Å². The summed E-state index contributed by atoms with van der Waals surface area (Å²) >= 11 is 3.16. The Morgan fingerprint density at radius 1 is 1.06 bits per heavy atom. The molecule has 0 aliphatic carbocycles. The third-order valence-electron chi connectivity index (χ3n) is 4.19. The lowest BCUT2D eigenvalue weighted by atomic mass is 10.1. The normalized spacial score (nSPS) is 10.7. The Balaban J connectivity index is 1.70. The summed E-state index contributed by atoms with van der Waals surface area (Å²) in [7, 11) is 0. The van der Waals surface area contributed by atoms with Crippen molar-refractivity contribution < 1.29 is 19.2 Å². The Hall–Kier alpha value is -4.29. The molecule has 32 heavy (non-hydrogen) atoms. The lowest BCUT2D eigenvalue weighted by Crippen LogP contribution is -2.14. The minimum Gasteiger partial charge on any atom is -0.423 e. The summed E-state index contributed by atoms with van der Waals surface area (Å²) in [4.78, 5) is 34.8. The van der Waals surface area contributed by atoms with Crippen molar-refractivity contribution in [3.05, 3.63) is 104 Å². The fourth-order valence-corrected chi connectivity index (χ4v) is 3.06. The van der Waals surface area contributed by atoms with Crippen LogP contribution in [0.3, 0.4) is 0 Å². The lowest BCUT2D eigenvalue weighted by Gasteiger charge is -2.07. The average Bonchev–Trinajstić information content (AvgIpc) is 2.80. The van der Waals surface area contributed by atoms with Crippen LogP contribution in [-0.4, -0.2) is 16.8 Å². The van der Waals surface area contributed by atoms with Crippen LogP contribution in [0.2, 0.25) is 0 Å². The second-order valence-electron chi connectivity index (χ2n) is 6.37. The van der Waals surface area contributed by atoms with Crippen LogP contribution in [0.4, 0.5) is 11.4 Å². The number of halogens is 1. The highest BCUT2D eigenvalue weighted by molar-refractivity contribution is 9.10. The molecule has 1 N–H and O–H groups in total. The number of hydrogen-bond acceptors (Lipinski definition) is 6. The van der Waals surface area contributed by atoms with E-state index in [0.717, 1.165) is 0 Å². The molecule has 0 saturated heterocycles. The van der Waals surface area contributed by atoms with Gasteiger partial charge in [0.2, 0.25) is 0 Å². The number of carbonyl (C=O) groups is 2. The second kappa shape index (κ2) is 10.1. The zero-order valence-corrected chi connectivity index (χ0v) is 17.9. The quantitative estimate of drug-likeness (QED) is 0.127. The largest absolute Gasteiger partial charge is 0.423 e. The minimum atomic E-state index is -0.679. The van der Waals surface area contributed by atoms with Gasteiger partial charge in [0, 0.05) is 16.6 Å². The van der Waals surface area contributed by atoms with Gasteiger partial charge in [-0.05, 0) is 57.9 Å². The maximum absolute atomic E-state index is 12.5. The molecule has 0 aliphatic rings. The van der Waals surface area contributed by atoms with Crippen LogP contribution in [0, 0.1) is 21.4 Å². The lowest BCUT2D eigenvalue weighted by molar-refractivity contribution is -0.384. The molecule has 0 atom stereocenters. The highest BCUT2D eigenvalue weighted by Crippen LogP contribution is 2.27. The van der Waals surface area contributed by atoms with Gasteiger partial charge < -0.3 is 10.1 Å². The number of non-ortho nitro benzene ring substituents is 1. The number of benzene rings is 3. The number of hydrogen-bond donors (Lipinski definition) is 1. The zero-order valence-electron chi connectivity index (χ0n) is 16.3. The van der Waals surface area contributed by atoms with Crippen LogP contribution in [0.5, 0.6) is 5.75 Å². The summed E-state index contributed by atoms with van der Waals surface area (Å²) in [5.41, 5.74) is 0.921. The Kier molecular flexibility index (Phi) is 7.10. The van der Waals surface area contributed by atoms with Crippen LogP contribution in [0.1, 0.15) is 15.9 Å². The van der Waals surface area contributed by atoms with Gasteiger partial charge in [0.1, 0.15) is 17.4 Å². The summed E-state index contributed by atoms with van der Waals surface area (Å²) in [6.07, 6.45) is 1.37. The van der Waals surface area contributed by atoms with Crippen molar-refractivity contribution >= 4 is 45.3 Å². The molecule has 0 bridgehead atoms. The summed E-state index contributed by atoms with van der Waals surface area (Å²) in [5, 5.41) is 22.7. The fourth-order valence-electron chi connectivity index (χ4n) is 2.60. The maximum Gasteiger partial charge on any atom is 0.343 e. The third kappa shape index (κ3) is 5.65. The Morgan fingerprint density at radius 3 is 2.34 bits per heavy atom. The molecule has 8 nitrogen and oxygen atoms in total. The highest BCUT2D eigenvalue weighted by atomic mass is 79.9. The van der Waals surface area contributed by atoms with Gasteiger partial charge in [-0.3, -0.25) is 14.9 Å². The van der Waals surface area contributed by atoms with E-state index in [-0.39, 0.29) is 16.9 Å². The standard InChI is InChI=1S/C23H14BrN3O5/c24-20-13-18(27(30)31)8-11-21(20)26-22(28)17(14-25)12-15-6-9-19(10-7-15)32-23(29)16-4-2-1-3-5-16/h1-13H,(H,26,28)/b17-12+. The second-order valence-corrected chi connectivity index (χ2v) is 7.22. The first kappa shape index (κ1) is 22.4. The Labute approximate surface area is 191 Å². The van der Waals surface area contributed by atoms with E-state index in [1.807, 2.05) is 6.07 Å². The molecular weight excluding hydrogens is 478 g/mol. The number of nitrogens with zero attached hydrogens (tertiary/aromatic N) is 2. The fraction of sp³-hybridized carbons (Fsp3) is 0.